The number of hydrogen-bond donors (Lipinski definition) is 0. The maximum atomic E-state index is 13.0. The van der Waals surface area contributed by atoms with E-state index in [1.54, 1.807) is 25.1 Å². The first kappa shape index (κ1) is 17.6. The van der Waals surface area contributed by atoms with E-state index >= 15 is 0 Å². The molecule has 23 heavy (non-hydrogen) atoms. The van der Waals surface area contributed by atoms with Gasteiger partial charge in [0.15, 0.2) is 0 Å². The highest BCUT2D eigenvalue weighted by atomic mass is 35.5. The van der Waals surface area contributed by atoms with E-state index in [9.17, 15) is 8.42 Å². The second-order valence-electron chi connectivity index (χ2n) is 5.27. The highest BCUT2D eigenvalue weighted by molar-refractivity contribution is 7.93. The van der Waals surface area contributed by atoms with E-state index in [1.807, 2.05) is 26.0 Å². The summed E-state index contributed by atoms with van der Waals surface area (Å²) in [6, 6.07) is 10.1. The Morgan fingerprint density at radius 2 is 1.78 bits per heavy atom. The van der Waals surface area contributed by atoms with E-state index in [2.05, 4.69) is 0 Å². The van der Waals surface area contributed by atoms with Gasteiger partial charge in [-0.15, -0.1) is 0 Å². The Kier molecular flexibility index (Phi) is 5.22. The molecule has 0 spiro atoms. The minimum absolute atomic E-state index is 0.0626. The molecule has 4 nitrogen and oxygen atoms in total. The Labute approximate surface area is 142 Å². The van der Waals surface area contributed by atoms with Gasteiger partial charge < -0.3 is 4.74 Å². The zero-order valence-corrected chi connectivity index (χ0v) is 15.2. The molecule has 2 aromatic carbocycles. The number of aryl methyl sites for hydroxylation is 2. The Balaban J connectivity index is 2.52. The van der Waals surface area contributed by atoms with Crippen LogP contribution >= 0.6 is 11.6 Å². The molecule has 0 bridgehead atoms. The van der Waals surface area contributed by atoms with E-state index in [-0.39, 0.29) is 4.90 Å². The van der Waals surface area contributed by atoms with Gasteiger partial charge in [-0.25, -0.2) is 8.42 Å². The van der Waals surface area contributed by atoms with Gasteiger partial charge in [-0.3, -0.25) is 4.31 Å². The number of sulfonamides is 1. The van der Waals surface area contributed by atoms with Crippen LogP contribution in [0.15, 0.2) is 41.3 Å². The second kappa shape index (κ2) is 6.81. The molecule has 0 aliphatic carbocycles. The lowest BCUT2D eigenvalue weighted by Crippen LogP contribution is -2.27. The summed E-state index contributed by atoms with van der Waals surface area (Å²) in [7, 11) is -2.25. The molecule has 0 N–H and O–H groups in total. The number of benzene rings is 2. The number of anilines is 1. The minimum Gasteiger partial charge on any atom is -0.492 e. The van der Waals surface area contributed by atoms with Crippen LogP contribution in [-0.2, 0) is 10.0 Å². The molecule has 0 saturated heterocycles. The molecule has 0 aromatic heterocycles. The van der Waals surface area contributed by atoms with Gasteiger partial charge in [0.25, 0.3) is 10.0 Å². The lowest BCUT2D eigenvalue weighted by molar-refractivity contribution is 0.331. The maximum Gasteiger partial charge on any atom is 0.267 e. The zero-order valence-electron chi connectivity index (χ0n) is 13.6. The molecule has 0 atom stereocenters. The quantitative estimate of drug-likeness (QED) is 0.810. The molecular weight excluding hydrogens is 334 g/mol. The van der Waals surface area contributed by atoms with Crippen molar-refractivity contribution in [1.29, 1.82) is 0 Å². The largest absolute Gasteiger partial charge is 0.492 e. The fourth-order valence-corrected chi connectivity index (χ4v) is 3.75. The van der Waals surface area contributed by atoms with Crippen molar-refractivity contribution in [2.24, 2.45) is 0 Å². The van der Waals surface area contributed by atoms with Crippen LogP contribution in [0.2, 0.25) is 5.02 Å². The Bertz CT molecular complexity index is 819. The molecule has 0 heterocycles. The number of ether oxygens (including phenoxy) is 1. The molecular formula is C17H20ClNO3S. The van der Waals surface area contributed by atoms with Crippen molar-refractivity contribution in [2.75, 3.05) is 18.0 Å². The van der Waals surface area contributed by atoms with E-state index < -0.39 is 10.0 Å². The molecule has 0 radical (unpaired) electrons. The average molecular weight is 354 g/mol. The van der Waals surface area contributed by atoms with Crippen molar-refractivity contribution in [3.8, 4) is 5.75 Å². The van der Waals surface area contributed by atoms with Crippen molar-refractivity contribution in [2.45, 2.75) is 25.7 Å². The van der Waals surface area contributed by atoms with Gasteiger partial charge in [0.05, 0.1) is 12.3 Å². The summed E-state index contributed by atoms with van der Waals surface area (Å²) < 4.78 is 32.6. The Morgan fingerprint density at radius 3 is 2.39 bits per heavy atom. The van der Waals surface area contributed by atoms with E-state index in [1.165, 1.54) is 17.4 Å². The molecule has 0 saturated carbocycles. The maximum absolute atomic E-state index is 13.0. The normalized spacial score (nSPS) is 11.3. The first-order valence-corrected chi connectivity index (χ1v) is 9.07. The second-order valence-corrected chi connectivity index (χ2v) is 7.64. The van der Waals surface area contributed by atoms with Gasteiger partial charge in [0.2, 0.25) is 0 Å². The Hall–Kier alpha value is -1.72. The first-order valence-electron chi connectivity index (χ1n) is 7.26. The van der Waals surface area contributed by atoms with Crippen molar-refractivity contribution >= 4 is 27.3 Å². The van der Waals surface area contributed by atoms with E-state index in [0.717, 1.165) is 11.1 Å². The van der Waals surface area contributed by atoms with Gasteiger partial charge in [-0.05, 0) is 62.2 Å². The number of hydrogen-bond acceptors (Lipinski definition) is 3. The van der Waals surface area contributed by atoms with Crippen LogP contribution in [0.5, 0.6) is 5.75 Å². The fraction of sp³-hybridized carbons (Fsp3) is 0.294. The van der Waals surface area contributed by atoms with Crippen LogP contribution in [-0.4, -0.2) is 22.1 Å². The number of rotatable bonds is 5. The van der Waals surface area contributed by atoms with Crippen molar-refractivity contribution in [3.05, 3.63) is 52.5 Å². The standard InChI is InChI=1S/C17H20ClNO3S/c1-5-22-16-9-7-14(18)11-17(16)23(20,21)19(4)15-8-6-12(2)13(3)10-15/h6-11H,5H2,1-4H3. The van der Waals surface area contributed by atoms with Gasteiger partial charge in [-0.1, -0.05) is 17.7 Å². The van der Waals surface area contributed by atoms with Crippen LogP contribution in [0.1, 0.15) is 18.1 Å². The minimum atomic E-state index is -3.77. The van der Waals surface area contributed by atoms with Crippen LogP contribution in [0.25, 0.3) is 0 Å². The van der Waals surface area contributed by atoms with Crippen molar-refractivity contribution in [1.82, 2.24) is 0 Å². The predicted octanol–water partition coefficient (Wildman–Crippen LogP) is 4.18. The van der Waals surface area contributed by atoms with E-state index in [0.29, 0.717) is 23.1 Å². The van der Waals surface area contributed by atoms with Gasteiger partial charge >= 0.3 is 0 Å². The third-order valence-corrected chi connectivity index (χ3v) is 5.74. The summed E-state index contributed by atoms with van der Waals surface area (Å²) in [5, 5.41) is 0.348. The zero-order chi connectivity index (χ0) is 17.2. The van der Waals surface area contributed by atoms with Crippen LogP contribution in [0.4, 0.5) is 5.69 Å². The lowest BCUT2D eigenvalue weighted by atomic mass is 10.1. The highest BCUT2D eigenvalue weighted by Crippen LogP contribution is 2.32. The molecule has 2 aromatic rings. The summed E-state index contributed by atoms with van der Waals surface area (Å²) in [5.41, 5.74) is 2.73. The SMILES string of the molecule is CCOc1ccc(Cl)cc1S(=O)(=O)N(C)c1ccc(C)c(C)c1. The molecule has 0 aliphatic rings. The summed E-state index contributed by atoms with van der Waals surface area (Å²) in [6.07, 6.45) is 0. The van der Waals surface area contributed by atoms with Crippen LogP contribution in [0.3, 0.4) is 0 Å². The predicted molar refractivity (Wildman–Crippen MR) is 94.1 cm³/mol. The third kappa shape index (κ3) is 3.62. The summed E-state index contributed by atoms with van der Waals surface area (Å²) in [5.74, 6) is 0.299. The lowest BCUT2D eigenvalue weighted by Gasteiger charge is -2.22. The molecule has 124 valence electrons. The molecule has 0 aliphatic heterocycles. The topological polar surface area (TPSA) is 46.6 Å². The summed E-state index contributed by atoms with van der Waals surface area (Å²) >= 11 is 5.98. The molecule has 0 amide bonds. The van der Waals surface area contributed by atoms with Crippen molar-refractivity contribution in [3.63, 3.8) is 0 Å². The van der Waals surface area contributed by atoms with Gasteiger partial charge in [0.1, 0.15) is 10.6 Å². The first-order chi connectivity index (χ1) is 10.8. The van der Waals surface area contributed by atoms with Gasteiger partial charge in [-0.2, -0.15) is 0 Å². The van der Waals surface area contributed by atoms with Crippen LogP contribution in [0, 0.1) is 13.8 Å². The average Bonchev–Trinajstić information content (AvgIpc) is 2.51. The molecule has 6 heteroatoms. The smallest absolute Gasteiger partial charge is 0.267 e. The summed E-state index contributed by atoms with van der Waals surface area (Å²) in [6.45, 7) is 6.11. The third-order valence-electron chi connectivity index (χ3n) is 3.70. The Morgan fingerprint density at radius 1 is 1.09 bits per heavy atom. The van der Waals surface area contributed by atoms with E-state index in [4.69, 9.17) is 16.3 Å². The van der Waals surface area contributed by atoms with Gasteiger partial charge in [0, 0.05) is 12.1 Å². The van der Waals surface area contributed by atoms with Crippen molar-refractivity contribution < 1.29 is 13.2 Å². The monoisotopic (exact) mass is 353 g/mol. The molecule has 0 unspecified atom stereocenters. The molecule has 0 fully saturated rings. The number of halogens is 1. The summed E-state index contributed by atoms with van der Waals surface area (Å²) in [4.78, 5) is 0.0626. The van der Waals surface area contributed by atoms with Crippen LogP contribution < -0.4 is 9.04 Å². The fourth-order valence-electron chi connectivity index (χ4n) is 2.17. The highest BCUT2D eigenvalue weighted by Gasteiger charge is 2.26. The number of nitrogens with zero attached hydrogens (tertiary/aromatic N) is 1. The molecule has 2 rings (SSSR count).